The molecule has 3 N–H and O–H groups in total. The first-order valence-electron chi connectivity index (χ1n) is 6.22. The van der Waals surface area contributed by atoms with Crippen LogP contribution in [0.2, 0.25) is 0 Å². The number of aromatic nitrogens is 2. The van der Waals surface area contributed by atoms with E-state index in [4.69, 9.17) is 10.5 Å². The molecule has 1 aromatic heterocycles. The molecule has 3 rings (SSSR count). The largest absolute Gasteiger partial charge is 0.470 e. The van der Waals surface area contributed by atoms with Gasteiger partial charge >= 0.3 is 0 Å². The summed E-state index contributed by atoms with van der Waals surface area (Å²) in [6, 6.07) is 7.65. The van der Waals surface area contributed by atoms with E-state index in [0.29, 0.717) is 11.7 Å². The maximum Gasteiger partial charge on any atom is 0.258 e. The first-order chi connectivity index (χ1) is 8.83. The maximum absolute atomic E-state index is 5.88. The van der Waals surface area contributed by atoms with Gasteiger partial charge in [0.1, 0.15) is 6.10 Å². The molecule has 0 bridgehead atoms. The normalized spacial score (nSPS) is 19.9. The summed E-state index contributed by atoms with van der Waals surface area (Å²) in [5.74, 6) is 0.807. The summed E-state index contributed by atoms with van der Waals surface area (Å²) < 4.78 is 5.83. The average Bonchev–Trinajstić information content (AvgIpc) is 2.41. The number of ether oxygens (including phenoxy) is 1. The SMILES string of the molecule is Nc1nc2ccccc2nc1OC1CCCNC1. The van der Waals surface area contributed by atoms with Crippen molar-refractivity contribution in [2.45, 2.75) is 18.9 Å². The third kappa shape index (κ3) is 2.22. The highest BCUT2D eigenvalue weighted by molar-refractivity contribution is 5.76. The average molecular weight is 244 g/mol. The zero-order valence-electron chi connectivity index (χ0n) is 10.1. The molecular weight excluding hydrogens is 228 g/mol. The van der Waals surface area contributed by atoms with Crippen LogP contribution in [0.5, 0.6) is 5.88 Å². The standard InChI is InChI=1S/C13H16N4O/c14-12-13(18-9-4-3-7-15-8-9)17-11-6-2-1-5-10(11)16-12/h1-2,5-6,9,15H,3-4,7-8H2,(H2,14,16). The second-order valence-electron chi connectivity index (χ2n) is 4.49. The van der Waals surface area contributed by atoms with Crippen LogP contribution < -0.4 is 15.8 Å². The van der Waals surface area contributed by atoms with Crippen molar-refractivity contribution >= 4 is 16.9 Å². The van der Waals surface area contributed by atoms with Crippen LogP contribution in [-0.2, 0) is 0 Å². The van der Waals surface area contributed by atoms with E-state index < -0.39 is 0 Å². The Morgan fingerprint density at radius 1 is 1.22 bits per heavy atom. The van der Waals surface area contributed by atoms with Gasteiger partial charge in [-0.1, -0.05) is 12.1 Å². The molecule has 1 aliphatic rings. The molecule has 1 atom stereocenters. The molecule has 0 radical (unpaired) electrons. The minimum absolute atomic E-state index is 0.136. The Labute approximate surface area is 105 Å². The minimum atomic E-state index is 0.136. The fraction of sp³-hybridized carbons (Fsp3) is 0.385. The molecular formula is C13H16N4O. The highest BCUT2D eigenvalue weighted by Gasteiger charge is 2.17. The van der Waals surface area contributed by atoms with Crippen LogP contribution in [0.25, 0.3) is 11.0 Å². The first kappa shape index (κ1) is 11.2. The molecule has 1 aromatic carbocycles. The van der Waals surface area contributed by atoms with Crippen LogP contribution in [0.3, 0.4) is 0 Å². The second kappa shape index (κ2) is 4.78. The quantitative estimate of drug-likeness (QED) is 0.834. The number of nitrogens with two attached hydrogens (primary N) is 1. The number of fused-ring (bicyclic) bond motifs is 1. The van der Waals surface area contributed by atoms with Crippen LogP contribution >= 0.6 is 0 Å². The Morgan fingerprint density at radius 3 is 2.72 bits per heavy atom. The lowest BCUT2D eigenvalue weighted by atomic mass is 10.1. The molecule has 0 amide bonds. The van der Waals surface area contributed by atoms with E-state index in [2.05, 4.69) is 15.3 Å². The van der Waals surface area contributed by atoms with E-state index in [9.17, 15) is 0 Å². The number of nitrogens with zero attached hydrogens (tertiary/aromatic N) is 2. The molecule has 1 unspecified atom stereocenters. The van der Waals surface area contributed by atoms with Gasteiger partial charge in [0.15, 0.2) is 5.82 Å². The number of nitrogen functional groups attached to an aromatic ring is 1. The zero-order valence-corrected chi connectivity index (χ0v) is 10.1. The van der Waals surface area contributed by atoms with Crippen LogP contribution in [0.4, 0.5) is 5.82 Å². The van der Waals surface area contributed by atoms with Gasteiger partial charge in [-0.15, -0.1) is 0 Å². The van der Waals surface area contributed by atoms with Crippen molar-refractivity contribution in [3.63, 3.8) is 0 Å². The Balaban J connectivity index is 1.88. The molecule has 1 fully saturated rings. The van der Waals surface area contributed by atoms with Crippen LogP contribution in [0.1, 0.15) is 12.8 Å². The number of hydrogen-bond donors (Lipinski definition) is 2. The van der Waals surface area contributed by atoms with Crippen LogP contribution in [0.15, 0.2) is 24.3 Å². The molecule has 0 spiro atoms. The number of nitrogens with one attached hydrogen (secondary N) is 1. The summed E-state index contributed by atoms with van der Waals surface area (Å²) in [5.41, 5.74) is 7.49. The zero-order chi connectivity index (χ0) is 12.4. The number of para-hydroxylation sites is 2. The van der Waals surface area contributed by atoms with Gasteiger partial charge in [0.25, 0.3) is 5.88 Å². The summed E-state index contributed by atoms with van der Waals surface area (Å²) in [7, 11) is 0. The Hall–Kier alpha value is -1.88. The molecule has 5 heteroatoms. The Morgan fingerprint density at radius 2 is 2.00 bits per heavy atom. The smallest absolute Gasteiger partial charge is 0.258 e. The third-order valence-corrected chi connectivity index (χ3v) is 3.09. The molecule has 5 nitrogen and oxygen atoms in total. The van der Waals surface area contributed by atoms with E-state index in [1.807, 2.05) is 24.3 Å². The lowest BCUT2D eigenvalue weighted by molar-refractivity contribution is 0.161. The summed E-state index contributed by atoms with van der Waals surface area (Å²) in [6.45, 7) is 1.90. The Bertz CT molecular complexity index is 552. The van der Waals surface area contributed by atoms with Gasteiger partial charge in [-0.2, -0.15) is 0 Å². The van der Waals surface area contributed by atoms with Gasteiger partial charge in [-0.25, -0.2) is 9.97 Å². The molecule has 2 aromatic rings. The van der Waals surface area contributed by atoms with E-state index in [1.54, 1.807) is 0 Å². The van der Waals surface area contributed by atoms with Gasteiger partial charge < -0.3 is 15.8 Å². The molecule has 1 saturated heterocycles. The van der Waals surface area contributed by atoms with Crippen molar-refractivity contribution in [3.8, 4) is 5.88 Å². The lowest BCUT2D eigenvalue weighted by Gasteiger charge is -2.23. The number of hydrogen-bond acceptors (Lipinski definition) is 5. The van der Waals surface area contributed by atoms with E-state index in [-0.39, 0.29) is 6.10 Å². The van der Waals surface area contributed by atoms with E-state index in [0.717, 1.165) is 37.0 Å². The highest BCUT2D eigenvalue weighted by Crippen LogP contribution is 2.22. The molecule has 18 heavy (non-hydrogen) atoms. The number of benzene rings is 1. The monoisotopic (exact) mass is 244 g/mol. The topological polar surface area (TPSA) is 73.1 Å². The van der Waals surface area contributed by atoms with Crippen LogP contribution in [-0.4, -0.2) is 29.2 Å². The van der Waals surface area contributed by atoms with Gasteiger partial charge in [0.05, 0.1) is 11.0 Å². The number of anilines is 1. The summed E-state index contributed by atoms with van der Waals surface area (Å²) in [5, 5.41) is 3.30. The maximum atomic E-state index is 5.88. The summed E-state index contributed by atoms with van der Waals surface area (Å²) in [6.07, 6.45) is 2.28. The molecule has 0 aliphatic carbocycles. The summed E-state index contributed by atoms with van der Waals surface area (Å²) >= 11 is 0. The Kier molecular flexibility index (Phi) is 2.98. The fourth-order valence-electron chi connectivity index (χ4n) is 2.16. The van der Waals surface area contributed by atoms with Gasteiger partial charge in [-0.3, -0.25) is 0 Å². The molecule has 0 saturated carbocycles. The van der Waals surface area contributed by atoms with Crippen LogP contribution in [0, 0.1) is 0 Å². The number of rotatable bonds is 2. The van der Waals surface area contributed by atoms with Gasteiger partial charge in [-0.05, 0) is 31.5 Å². The predicted molar refractivity (Wildman–Crippen MR) is 70.5 cm³/mol. The minimum Gasteiger partial charge on any atom is -0.470 e. The van der Waals surface area contributed by atoms with Crippen molar-refractivity contribution in [1.82, 2.24) is 15.3 Å². The summed E-state index contributed by atoms with van der Waals surface area (Å²) in [4.78, 5) is 8.74. The van der Waals surface area contributed by atoms with Crippen molar-refractivity contribution in [3.05, 3.63) is 24.3 Å². The molecule has 1 aliphatic heterocycles. The fourth-order valence-corrected chi connectivity index (χ4v) is 2.16. The molecule has 94 valence electrons. The lowest BCUT2D eigenvalue weighted by Crippen LogP contribution is -2.37. The third-order valence-electron chi connectivity index (χ3n) is 3.09. The van der Waals surface area contributed by atoms with E-state index >= 15 is 0 Å². The first-order valence-corrected chi connectivity index (χ1v) is 6.22. The van der Waals surface area contributed by atoms with E-state index in [1.165, 1.54) is 0 Å². The molecule has 2 heterocycles. The van der Waals surface area contributed by atoms with Crippen molar-refractivity contribution in [2.24, 2.45) is 0 Å². The number of piperidine rings is 1. The highest BCUT2D eigenvalue weighted by atomic mass is 16.5. The van der Waals surface area contributed by atoms with Crippen molar-refractivity contribution in [2.75, 3.05) is 18.8 Å². The second-order valence-corrected chi connectivity index (χ2v) is 4.49. The van der Waals surface area contributed by atoms with Gasteiger partial charge in [0, 0.05) is 6.54 Å². The van der Waals surface area contributed by atoms with Crippen molar-refractivity contribution in [1.29, 1.82) is 0 Å². The predicted octanol–water partition coefficient (Wildman–Crippen LogP) is 1.34. The van der Waals surface area contributed by atoms with Crippen molar-refractivity contribution < 1.29 is 4.74 Å². The van der Waals surface area contributed by atoms with Gasteiger partial charge in [0.2, 0.25) is 0 Å².